The molecule has 2 aromatic carbocycles. The number of anilines is 2. The van der Waals surface area contributed by atoms with Crippen LogP contribution in [0.4, 0.5) is 11.4 Å². The van der Waals surface area contributed by atoms with Crippen molar-refractivity contribution in [3.05, 3.63) is 52.5 Å². The van der Waals surface area contributed by atoms with Gasteiger partial charge < -0.3 is 15.7 Å². The van der Waals surface area contributed by atoms with Gasteiger partial charge >= 0.3 is 0 Å². The van der Waals surface area contributed by atoms with Gasteiger partial charge in [0, 0.05) is 28.5 Å². The quantitative estimate of drug-likeness (QED) is 0.836. The van der Waals surface area contributed by atoms with Gasteiger partial charge in [-0.1, -0.05) is 15.9 Å². The topological polar surface area (TPSA) is 66.6 Å². The third-order valence-corrected chi connectivity index (χ3v) is 3.17. The highest BCUT2D eigenvalue weighted by molar-refractivity contribution is 9.10. The van der Waals surface area contributed by atoms with Crippen LogP contribution in [0, 0.1) is 0 Å². The average molecular weight is 321 g/mol. The molecule has 0 aliphatic carbocycles. The first-order valence-corrected chi connectivity index (χ1v) is 6.40. The molecule has 0 radical (unpaired) electrons. The van der Waals surface area contributed by atoms with Crippen LogP contribution in [0.25, 0.3) is 0 Å². The van der Waals surface area contributed by atoms with Crippen molar-refractivity contribution < 1.29 is 9.90 Å². The Morgan fingerprint density at radius 1 is 1.21 bits per heavy atom. The first-order chi connectivity index (χ1) is 8.97. The minimum Gasteiger partial charge on any atom is -0.508 e. The fraction of sp³-hybridized carbons (Fsp3) is 0.0714. The fourth-order valence-electron chi connectivity index (χ4n) is 1.72. The van der Waals surface area contributed by atoms with Crippen LogP contribution in [0.2, 0.25) is 0 Å². The van der Waals surface area contributed by atoms with Crippen LogP contribution < -0.4 is 10.6 Å². The lowest BCUT2D eigenvalue weighted by atomic mass is 10.1. The summed E-state index contributed by atoms with van der Waals surface area (Å²) in [6.45, 7) is 0. The fourth-order valence-corrected chi connectivity index (χ4v) is 2.23. The van der Waals surface area contributed by atoms with Gasteiger partial charge in [0.25, 0.3) is 5.91 Å². The zero-order chi connectivity index (χ0) is 14.0. The largest absolute Gasteiger partial charge is 0.508 e. The number of aromatic hydroxyl groups is 1. The van der Waals surface area contributed by atoms with Crippen molar-refractivity contribution in [2.75, 3.05) is 17.7 Å². The third-order valence-electron chi connectivity index (χ3n) is 2.71. The Morgan fingerprint density at radius 3 is 2.42 bits per heavy atom. The molecule has 3 N–H and O–H groups in total. The van der Waals surface area contributed by atoms with Crippen molar-refractivity contribution in [2.45, 2.75) is 0 Å². The maximum absolute atomic E-state index is 12.3. The number of nitrogens with two attached hydrogens (primary N) is 1. The smallest absolute Gasteiger partial charge is 0.258 e. The van der Waals surface area contributed by atoms with E-state index in [2.05, 4.69) is 15.9 Å². The lowest BCUT2D eigenvalue weighted by Crippen LogP contribution is -2.26. The first kappa shape index (κ1) is 13.4. The van der Waals surface area contributed by atoms with Crippen molar-refractivity contribution >= 4 is 33.2 Å². The monoisotopic (exact) mass is 320 g/mol. The van der Waals surface area contributed by atoms with E-state index >= 15 is 0 Å². The third kappa shape index (κ3) is 3.06. The van der Waals surface area contributed by atoms with Crippen molar-refractivity contribution in [2.24, 2.45) is 0 Å². The molecule has 1 amide bonds. The van der Waals surface area contributed by atoms with Crippen LogP contribution in [0.5, 0.6) is 5.75 Å². The zero-order valence-corrected chi connectivity index (χ0v) is 11.9. The molecule has 2 rings (SSSR count). The van der Waals surface area contributed by atoms with E-state index in [4.69, 9.17) is 5.73 Å². The lowest BCUT2D eigenvalue weighted by molar-refractivity contribution is 0.0993. The number of carbonyl (C=O) groups excluding carboxylic acids is 1. The predicted molar refractivity (Wildman–Crippen MR) is 79.4 cm³/mol. The first-order valence-electron chi connectivity index (χ1n) is 5.60. The number of carbonyl (C=O) groups is 1. The number of nitrogen functional groups attached to an aromatic ring is 1. The minimum atomic E-state index is -0.168. The van der Waals surface area contributed by atoms with Gasteiger partial charge in [0.2, 0.25) is 0 Å². The van der Waals surface area contributed by atoms with Crippen LogP contribution in [-0.4, -0.2) is 18.1 Å². The van der Waals surface area contributed by atoms with Crippen LogP contribution in [-0.2, 0) is 0 Å². The molecule has 0 fully saturated rings. The number of nitrogens with zero attached hydrogens (tertiary/aromatic N) is 1. The summed E-state index contributed by atoms with van der Waals surface area (Å²) in [5, 5.41) is 9.24. The molecule has 0 atom stereocenters. The maximum atomic E-state index is 12.3. The summed E-state index contributed by atoms with van der Waals surface area (Å²) in [6, 6.07) is 11.5. The van der Waals surface area contributed by atoms with Crippen molar-refractivity contribution in [3.8, 4) is 5.75 Å². The van der Waals surface area contributed by atoms with Gasteiger partial charge in [-0.05, 0) is 42.5 Å². The second-order valence-corrected chi connectivity index (χ2v) is 5.07. The molecule has 0 bridgehead atoms. The van der Waals surface area contributed by atoms with Gasteiger partial charge in [-0.2, -0.15) is 0 Å². The van der Waals surface area contributed by atoms with Crippen molar-refractivity contribution in [1.29, 1.82) is 0 Å². The molecule has 0 unspecified atom stereocenters. The molecule has 98 valence electrons. The molecule has 0 saturated carbocycles. The molecule has 0 heterocycles. The minimum absolute atomic E-state index is 0.163. The molecular weight excluding hydrogens is 308 g/mol. The normalized spacial score (nSPS) is 10.2. The van der Waals surface area contributed by atoms with Crippen LogP contribution in [0.3, 0.4) is 0 Å². The molecule has 0 aliphatic rings. The van der Waals surface area contributed by atoms with Crippen LogP contribution in [0.15, 0.2) is 46.9 Å². The van der Waals surface area contributed by atoms with Crippen LogP contribution in [0.1, 0.15) is 10.4 Å². The highest BCUT2D eigenvalue weighted by atomic mass is 79.9. The number of phenolic OH excluding ortho intramolecular Hbond substituents is 1. The van der Waals surface area contributed by atoms with E-state index in [0.717, 1.165) is 4.47 Å². The van der Waals surface area contributed by atoms with Crippen molar-refractivity contribution in [1.82, 2.24) is 0 Å². The Balaban J connectivity index is 2.30. The summed E-state index contributed by atoms with van der Waals surface area (Å²) in [6.07, 6.45) is 0. The van der Waals surface area contributed by atoms with Gasteiger partial charge in [0.15, 0.2) is 0 Å². The Hall–Kier alpha value is -2.01. The summed E-state index contributed by atoms with van der Waals surface area (Å²) in [7, 11) is 1.67. The molecule has 2 aromatic rings. The van der Waals surface area contributed by atoms with Gasteiger partial charge in [-0.15, -0.1) is 0 Å². The Bertz CT molecular complexity index is 591. The molecule has 0 aliphatic heterocycles. The molecular formula is C14H13BrN2O2. The molecule has 5 heteroatoms. The highest BCUT2D eigenvalue weighted by Crippen LogP contribution is 2.22. The number of hydrogen-bond acceptors (Lipinski definition) is 3. The molecule has 0 aromatic heterocycles. The number of benzene rings is 2. The van der Waals surface area contributed by atoms with E-state index in [0.29, 0.717) is 16.9 Å². The van der Waals surface area contributed by atoms with Gasteiger partial charge in [-0.25, -0.2) is 0 Å². The molecule has 0 saturated heterocycles. The second-order valence-electron chi connectivity index (χ2n) is 4.15. The number of halogens is 1. The van der Waals surface area contributed by atoms with Gasteiger partial charge in [0.05, 0.1) is 0 Å². The molecule has 19 heavy (non-hydrogen) atoms. The van der Waals surface area contributed by atoms with E-state index in [9.17, 15) is 9.90 Å². The van der Waals surface area contributed by atoms with E-state index in [1.165, 1.54) is 17.0 Å². The van der Waals surface area contributed by atoms with Crippen LogP contribution >= 0.6 is 15.9 Å². The number of rotatable bonds is 2. The molecule has 4 nitrogen and oxygen atoms in total. The lowest BCUT2D eigenvalue weighted by Gasteiger charge is -2.17. The van der Waals surface area contributed by atoms with Gasteiger partial charge in [-0.3, -0.25) is 4.79 Å². The zero-order valence-electron chi connectivity index (χ0n) is 10.3. The van der Waals surface area contributed by atoms with E-state index < -0.39 is 0 Å². The standard InChI is InChI=1S/C14H13BrN2O2/c1-17(12-2-4-13(18)5-3-12)14(19)9-6-10(15)8-11(16)7-9/h2-8,18H,16H2,1H3. The van der Waals surface area contributed by atoms with Gasteiger partial charge in [0.1, 0.15) is 5.75 Å². The second kappa shape index (κ2) is 5.32. The number of hydrogen-bond donors (Lipinski definition) is 2. The van der Waals surface area contributed by atoms with Crippen molar-refractivity contribution in [3.63, 3.8) is 0 Å². The molecule has 0 spiro atoms. The van der Waals surface area contributed by atoms with E-state index in [-0.39, 0.29) is 11.7 Å². The maximum Gasteiger partial charge on any atom is 0.258 e. The summed E-state index contributed by atoms with van der Waals surface area (Å²) in [5.74, 6) is -0.00464. The summed E-state index contributed by atoms with van der Waals surface area (Å²) < 4.78 is 0.759. The number of amides is 1. The van der Waals surface area contributed by atoms with E-state index in [1.807, 2.05) is 0 Å². The Kier molecular flexibility index (Phi) is 3.76. The predicted octanol–water partition coefficient (Wildman–Crippen LogP) is 3.01. The summed E-state index contributed by atoms with van der Waals surface area (Å²) in [4.78, 5) is 13.8. The SMILES string of the molecule is CN(C(=O)c1cc(N)cc(Br)c1)c1ccc(O)cc1. The average Bonchev–Trinajstić information content (AvgIpc) is 2.37. The highest BCUT2D eigenvalue weighted by Gasteiger charge is 2.14. The van der Waals surface area contributed by atoms with E-state index in [1.54, 1.807) is 37.4 Å². The summed E-state index contributed by atoms with van der Waals surface area (Å²) >= 11 is 3.31. The summed E-state index contributed by atoms with van der Waals surface area (Å²) in [5.41, 5.74) is 7.44. The number of phenols is 1. The Labute approximate surface area is 119 Å². The Morgan fingerprint density at radius 2 is 1.84 bits per heavy atom.